The Morgan fingerprint density at radius 3 is 2.89 bits per heavy atom. The fourth-order valence-electron chi connectivity index (χ4n) is 3.45. The maximum atomic E-state index is 10.3. The predicted octanol–water partition coefficient (Wildman–Crippen LogP) is 4.02. The summed E-state index contributed by atoms with van der Waals surface area (Å²) in [7, 11) is 0. The van der Waals surface area contributed by atoms with Crippen LogP contribution < -0.4 is 4.74 Å². The van der Waals surface area contributed by atoms with Crippen LogP contribution >= 0.6 is 0 Å². The van der Waals surface area contributed by atoms with Crippen LogP contribution in [0.4, 0.5) is 0 Å². The molecule has 1 fully saturated rings. The van der Waals surface area contributed by atoms with Crippen LogP contribution in [0.2, 0.25) is 0 Å². The summed E-state index contributed by atoms with van der Waals surface area (Å²) < 4.78 is 5.62. The van der Waals surface area contributed by atoms with Gasteiger partial charge in [0.15, 0.2) is 0 Å². The fourth-order valence-corrected chi connectivity index (χ4v) is 3.45. The highest BCUT2D eigenvalue weighted by Crippen LogP contribution is 2.33. The minimum atomic E-state index is -0.298. The van der Waals surface area contributed by atoms with Crippen molar-refractivity contribution in [3.63, 3.8) is 0 Å². The lowest BCUT2D eigenvalue weighted by Crippen LogP contribution is -2.09. The van der Waals surface area contributed by atoms with Gasteiger partial charge in [-0.3, -0.25) is 0 Å². The number of fused-ring (bicyclic) bond motifs is 1. The largest absolute Gasteiger partial charge is 0.493 e. The number of hydrogen-bond donors (Lipinski definition) is 1. The van der Waals surface area contributed by atoms with E-state index in [0.29, 0.717) is 0 Å². The van der Waals surface area contributed by atoms with Crippen molar-refractivity contribution in [2.24, 2.45) is 5.92 Å². The van der Waals surface area contributed by atoms with E-state index in [4.69, 9.17) is 4.74 Å². The molecule has 1 saturated carbocycles. The van der Waals surface area contributed by atoms with Crippen molar-refractivity contribution in [1.29, 1.82) is 0 Å². The minimum absolute atomic E-state index is 0.298. The molecule has 104 valence electrons. The van der Waals surface area contributed by atoms with Gasteiger partial charge in [0, 0.05) is 0 Å². The first kappa shape index (κ1) is 13.0. The highest BCUT2D eigenvalue weighted by atomic mass is 16.5. The Balaban J connectivity index is 1.60. The van der Waals surface area contributed by atoms with Gasteiger partial charge in [-0.25, -0.2) is 0 Å². The van der Waals surface area contributed by atoms with E-state index >= 15 is 0 Å². The van der Waals surface area contributed by atoms with Crippen molar-refractivity contribution in [2.75, 3.05) is 6.61 Å². The first-order valence-electron chi connectivity index (χ1n) is 7.76. The Kier molecular flexibility index (Phi) is 4.07. The SMILES string of the molecule is OC(CCC1CCCC1)c1ccc2c(c1)CCCO2. The summed E-state index contributed by atoms with van der Waals surface area (Å²) in [6.07, 6.45) is 9.46. The third-order valence-electron chi connectivity index (χ3n) is 4.64. The minimum Gasteiger partial charge on any atom is -0.493 e. The molecule has 1 heterocycles. The van der Waals surface area contributed by atoms with E-state index in [1.54, 1.807) is 0 Å². The van der Waals surface area contributed by atoms with Gasteiger partial charge < -0.3 is 9.84 Å². The molecule has 3 rings (SSSR count). The second kappa shape index (κ2) is 5.96. The molecule has 2 aliphatic rings. The molecule has 1 atom stereocenters. The van der Waals surface area contributed by atoms with Crippen LogP contribution in [0.1, 0.15) is 62.2 Å². The Hall–Kier alpha value is -1.02. The maximum absolute atomic E-state index is 10.3. The zero-order valence-electron chi connectivity index (χ0n) is 11.6. The lowest BCUT2D eigenvalue weighted by atomic mass is 9.94. The third kappa shape index (κ3) is 3.11. The van der Waals surface area contributed by atoms with Crippen molar-refractivity contribution in [3.8, 4) is 5.75 Å². The molecular weight excluding hydrogens is 236 g/mol. The number of aryl methyl sites for hydroxylation is 1. The van der Waals surface area contributed by atoms with Crippen LogP contribution in [0.15, 0.2) is 18.2 Å². The summed E-state index contributed by atoms with van der Waals surface area (Å²) in [6.45, 7) is 0.830. The highest BCUT2D eigenvalue weighted by molar-refractivity contribution is 5.39. The van der Waals surface area contributed by atoms with Crippen LogP contribution in [0.3, 0.4) is 0 Å². The van der Waals surface area contributed by atoms with E-state index in [2.05, 4.69) is 6.07 Å². The van der Waals surface area contributed by atoms with Crippen molar-refractivity contribution in [3.05, 3.63) is 29.3 Å². The lowest BCUT2D eigenvalue weighted by molar-refractivity contribution is 0.156. The second-order valence-electron chi connectivity index (χ2n) is 6.06. The van der Waals surface area contributed by atoms with Gasteiger partial charge in [-0.05, 0) is 54.9 Å². The van der Waals surface area contributed by atoms with Crippen molar-refractivity contribution in [2.45, 2.75) is 57.5 Å². The van der Waals surface area contributed by atoms with Gasteiger partial charge in [0.05, 0.1) is 12.7 Å². The van der Waals surface area contributed by atoms with E-state index in [9.17, 15) is 5.11 Å². The fraction of sp³-hybridized carbons (Fsp3) is 0.647. The van der Waals surface area contributed by atoms with Crippen LogP contribution in [0.5, 0.6) is 5.75 Å². The van der Waals surface area contributed by atoms with Gasteiger partial charge in [0.2, 0.25) is 0 Å². The molecule has 0 radical (unpaired) electrons. The van der Waals surface area contributed by atoms with Crippen molar-refractivity contribution < 1.29 is 9.84 Å². The molecule has 0 aromatic heterocycles. The summed E-state index contributed by atoms with van der Waals surface area (Å²) in [5, 5.41) is 10.3. The predicted molar refractivity (Wildman–Crippen MR) is 76.4 cm³/mol. The molecule has 1 unspecified atom stereocenters. The smallest absolute Gasteiger partial charge is 0.122 e. The molecule has 19 heavy (non-hydrogen) atoms. The molecule has 1 aromatic carbocycles. The van der Waals surface area contributed by atoms with E-state index in [1.165, 1.54) is 37.7 Å². The molecule has 0 amide bonds. The first-order chi connectivity index (χ1) is 9.33. The second-order valence-corrected chi connectivity index (χ2v) is 6.06. The number of ether oxygens (including phenoxy) is 1. The van der Waals surface area contributed by atoms with Gasteiger partial charge in [-0.15, -0.1) is 0 Å². The topological polar surface area (TPSA) is 29.5 Å². The van der Waals surface area contributed by atoms with Gasteiger partial charge in [-0.2, -0.15) is 0 Å². The zero-order chi connectivity index (χ0) is 13.1. The molecule has 0 bridgehead atoms. The summed E-state index contributed by atoms with van der Waals surface area (Å²) in [5.41, 5.74) is 2.34. The van der Waals surface area contributed by atoms with E-state index in [-0.39, 0.29) is 6.10 Å². The number of hydrogen-bond acceptors (Lipinski definition) is 2. The monoisotopic (exact) mass is 260 g/mol. The number of aliphatic hydroxyl groups excluding tert-OH is 1. The Bertz CT molecular complexity index is 421. The molecule has 2 heteroatoms. The average Bonchev–Trinajstić information content (AvgIpc) is 2.97. The molecule has 1 aliphatic heterocycles. The normalized spacial score (nSPS) is 20.9. The Morgan fingerprint density at radius 1 is 1.21 bits per heavy atom. The molecule has 0 spiro atoms. The summed E-state index contributed by atoms with van der Waals surface area (Å²) in [4.78, 5) is 0. The average molecular weight is 260 g/mol. The van der Waals surface area contributed by atoms with Crippen LogP contribution in [0, 0.1) is 5.92 Å². The highest BCUT2D eigenvalue weighted by Gasteiger charge is 2.18. The number of aliphatic hydroxyl groups is 1. The third-order valence-corrected chi connectivity index (χ3v) is 4.64. The van der Waals surface area contributed by atoms with Crippen LogP contribution in [-0.2, 0) is 6.42 Å². The maximum Gasteiger partial charge on any atom is 0.122 e. The van der Waals surface area contributed by atoms with Crippen molar-refractivity contribution in [1.82, 2.24) is 0 Å². The number of rotatable bonds is 4. The van der Waals surface area contributed by atoms with Crippen molar-refractivity contribution >= 4 is 0 Å². The summed E-state index contributed by atoms with van der Waals surface area (Å²) in [5.74, 6) is 1.87. The first-order valence-corrected chi connectivity index (χ1v) is 7.76. The zero-order valence-corrected chi connectivity index (χ0v) is 11.6. The van der Waals surface area contributed by atoms with E-state index in [0.717, 1.165) is 43.1 Å². The van der Waals surface area contributed by atoms with Gasteiger partial charge in [0.25, 0.3) is 0 Å². The lowest BCUT2D eigenvalue weighted by Gasteiger charge is -2.20. The van der Waals surface area contributed by atoms with Crippen LogP contribution in [-0.4, -0.2) is 11.7 Å². The quantitative estimate of drug-likeness (QED) is 0.886. The van der Waals surface area contributed by atoms with E-state index in [1.807, 2.05) is 12.1 Å². The molecule has 1 aromatic rings. The Morgan fingerprint density at radius 2 is 2.05 bits per heavy atom. The van der Waals surface area contributed by atoms with Crippen LogP contribution in [0.25, 0.3) is 0 Å². The van der Waals surface area contributed by atoms with E-state index < -0.39 is 0 Å². The molecular formula is C17H24O2. The molecule has 1 N–H and O–H groups in total. The summed E-state index contributed by atoms with van der Waals surface area (Å²) in [6, 6.07) is 6.21. The van der Waals surface area contributed by atoms with Gasteiger partial charge >= 0.3 is 0 Å². The summed E-state index contributed by atoms with van der Waals surface area (Å²) >= 11 is 0. The van der Waals surface area contributed by atoms with Gasteiger partial charge in [-0.1, -0.05) is 31.7 Å². The standard InChI is InChI=1S/C17H24O2/c18-16(9-7-13-4-1-2-5-13)14-8-10-17-15(12-14)6-3-11-19-17/h8,10,12-13,16,18H,1-7,9,11H2. The number of benzene rings is 1. The molecule has 0 saturated heterocycles. The molecule has 2 nitrogen and oxygen atoms in total. The van der Waals surface area contributed by atoms with Gasteiger partial charge in [0.1, 0.15) is 5.75 Å². The molecule has 1 aliphatic carbocycles. The Labute approximate surface area is 115 Å².